The van der Waals surface area contributed by atoms with Crippen LogP contribution in [0, 0.1) is 6.92 Å². The van der Waals surface area contributed by atoms with Crippen LogP contribution in [-0.4, -0.2) is 29.9 Å². The number of amides is 2. The van der Waals surface area contributed by atoms with Crippen LogP contribution in [0.1, 0.15) is 42.2 Å². The number of thiazole rings is 1. The third-order valence-electron chi connectivity index (χ3n) is 6.38. The van der Waals surface area contributed by atoms with Crippen LogP contribution in [0.2, 0.25) is 0 Å². The summed E-state index contributed by atoms with van der Waals surface area (Å²) in [6.45, 7) is 1.77. The molecule has 0 aliphatic rings. The molecular formula is C31H23F3N4O4S. The average Bonchev–Trinajstić information content (AvgIpc) is 3.39. The number of methoxy groups -OCH3 is 1. The fourth-order valence-electron chi connectivity index (χ4n) is 4.15. The van der Waals surface area contributed by atoms with Crippen molar-refractivity contribution in [1.82, 2.24) is 4.98 Å². The zero-order chi connectivity index (χ0) is 30.7. The largest absolute Gasteiger partial charge is 0.465 e. The van der Waals surface area contributed by atoms with Crippen molar-refractivity contribution in [3.8, 4) is 0 Å². The van der Waals surface area contributed by atoms with Gasteiger partial charge in [-0.2, -0.15) is 13.2 Å². The predicted octanol–water partition coefficient (Wildman–Crippen LogP) is 7.66. The van der Waals surface area contributed by atoms with Gasteiger partial charge in [-0.05, 0) is 79.2 Å². The summed E-state index contributed by atoms with van der Waals surface area (Å²) in [5.74, 6) is -1.58. The lowest BCUT2D eigenvalue weighted by molar-refractivity contribution is -0.137. The summed E-state index contributed by atoms with van der Waals surface area (Å²) in [5, 5.41) is 9.13. The summed E-state index contributed by atoms with van der Waals surface area (Å²) in [5.41, 5.74) is 2.44. The fraction of sp³-hybridized carbons (Fsp3) is 0.0968. The van der Waals surface area contributed by atoms with Crippen LogP contribution >= 0.6 is 11.3 Å². The first-order chi connectivity index (χ1) is 20.5. The Morgan fingerprint density at radius 2 is 1.51 bits per heavy atom. The molecule has 12 heteroatoms. The molecule has 43 heavy (non-hydrogen) atoms. The van der Waals surface area contributed by atoms with Gasteiger partial charge in [0, 0.05) is 28.2 Å². The Kier molecular flexibility index (Phi) is 8.13. The van der Waals surface area contributed by atoms with Crippen LogP contribution in [-0.2, 0) is 10.9 Å². The Labute approximate surface area is 247 Å². The Bertz CT molecular complexity index is 1870. The van der Waals surface area contributed by atoms with Crippen molar-refractivity contribution in [1.29, 1.82) is 0 Å². The number of benzene rings is 4. The van der Waals surface area contributed by atoms with Gasteiger partial charge in [-0.25, -0.2) is 9.78 Å². The number of hydrogen-bond acceptors (Lipinski definition) is 7. The summed E-state index contributed by atoms with van der Waals surface area (Å²) in [6.07, 6.45) is -4.57. The van der Waals surface area contributed by atoms with E-state index in [1.54, 1.807) is 61.5 Å². The quantitative estimate of drug-likeness (QED) is 0.165. The molecule has 5 aromatic rings. The molecule has 0 atom stereocenters. The molecule has 0 bridgehead atoms. The highest BCUT2D eigenvalue weighted by atomic mass is 32.1. The van der Waals surface area contributed by atoms with Crippen LogP contribution in [0.4, 0.5) is 35.4 Å². The monoisotopic (exact) mass is 604 g/mol. The van der Waals surface area contributed by atoms with Gasteiger partial charge in [-0.15, -0.1) is 0 Å². The van der Waals surface area contributed by atoms with Crippen molar-refractivity contribution in [2.45, 2.75) is 13.1 Å². The van der Waals surface area contributed by atoms with E-state index < -0.39 is 29.5 Å². The molecule has 4 aromatic carbocycles. The molecule has 218 valence electrons. The molecule has 0 saturated carbocycles. The number of fused-ring (bicyclic) bond motifs is 1. The number of alkyl halides is 3. The van der Waals surface area contributed by atoms with Gasteiger partial charge in [0.05, 0.1) is 28.5 Å². The predicted molar refractivity (Wildman–Crippen MR) is 159 cm³/mol. The van der Waals surface area contributed by atoms with Gasteiger partial charge in [-0.3, -0.25) is 9.59 Å². The van der Waals surface area contributed by atoms with Crippen LogP contribution in [0.5, 0.6) is 0 Å². The van der Waals surface area contributed by atoms with Gasteiger partial charge in [-0.1, -0.05) is 29.5 Å². The third kappa shape index (κ3) is 6.81. The van der Waals surface area contributed by atoms with E-state index in [4.69, 9.17) is 4.74 Å². The van der Waals surface area contributed by atoms with E-state index in [-0.39, 0.29) is 5.56 Å². The van der Waals surface area contributed by atoms with Crippen molar-refractivity contribution in [2.75, 3.05) is 23.1 Å². The summed E-state index contributed by atoms with van der Waals surface area (Å²) in [7, 11) is 1.31. The highest BCUT2D eigenvalue weighted by Gasteiger charge is 2.31. The molecule has 5 rings (SSSR count). The molecule has 2 amide bonds. The van der Waals surface area contributed by atoms with Crippen molar-refractivity contribution >= 4 is 61.5 Å². The van der Waals surface area contributed by atoms with Crippen molar-refractivity contribution in [3.05, 3.63) is 113 Å². The number of esters is 1. The maximum Gasteiger partial charge on any atom is 0.416 e. The van der Waals surface area contributed by atoms with Gasteiger partial charge in [0.1, 0.15) is 0 Å². The lowest BCUT2D eigenvalue weighted by Crippen LogP contribution is -2.15. The zero-order valence-electron chi connectivity index (χ0n) is 22.7. The summed E-state index contributed by atoms with van der Waals surface area (Å²) >= 11 is 1.33. The smallest absolute Gasteiger partial charge is 0.416 e. The number of carbonyl (C=O) groups excluding carboxylic acids is 3. The second-order valence-electron chi connectivity index (χ2n) is 9.42. The molecule has 1 heterocycles. The molecule has 0 aliphatic heterocycles. The summed E-state index contributed by atoms with van der Waals surface area (Å²) in [4.78, 5) is 42.1. The standard InChI is InChI=1S/C31H23F3N4O4S/c1-17-9-11-23(35-27(39)18-5-3-7-21(13-18)31(32,33)34)16-25(17)37-28(40)19-10-12-24-26(15-19)43-30(38-24)36-22-8-4-6-20(14-22)29(41)42-2/h3-16H,1-2H3,(H,35,39)(H,36,38)(H,37,40). The van der Waals surface area contributed by atoms with Crippen LogP contribution in [0.3, 0.4) is 0 Å². The van der Waals surface area contributed by atoms with Gasteiger partial charge < -0.3 is 20.7 Å². The SMILES string of the molecule is COC(=O)c1cccc(Nc2nc3ccc(C(=O)Nc4cc(NC(=O)c5cccc(C(F)(F)F)c5)ccc4C)cc3s2)c1. The molecule has 8 nitrogen and oxygen atoms in total. The lowest BCUT2D eigenvalue weighted by atomic mass is 10.1. The molecule has 0 fully saturated rings. The minimum absolute atomic E-state index is 0.149. The Morgan fingerprint density at radius 3 is 2.28 bits per heavy atom. The number of nitrogens with zero attached hydrogens (tertiary/aromatic N) is 1. The van der Waals surface area contributed by atoms with E-state index in [9.17, 15) is 27.6 Å². The van der Waals surface area contributed by atoms with Crippen molar-refractivity contribution in [2.24, 2.45) is 0 Å². The van der Waals surface area contributed by atoms with Crippen LogP contribution in [0.25, 0.3) is 10.2 Å². The molecule has 3 N–H and O–H groups in total. The molecule has 0 saturated heterocycles. The number of aromatic nitrogens is 1. The number of nitrogens with one attached hydrogen (secondary N) is 3. The first-order valence-electron chi connectivity index (χ1n) is 12.8. The number of ether oxygens (including phenoxy) is 1. The average molecular weight is 605 g/mol. The van der Waals surface area contributed by atoms with Crippen molar-refractivity contribution in [3.63, 3.8) is 0 Å². The topological polar surface area (TPSA) is 109 Å². The van der Waals surface area contributed by atoms with Gasteiger partial charge in [0.25, 0.3) is 11.8 Å². The number of anilines is 4. The van der Waals surface area contributed by atoms with Gasteiger partial charge in [0.2, 0.25) is 0 Å². The summed E-state index contributed by atoms with van der Waals surface area (Å²) < 4.78 is 44.7. The van der Waals surface area contributed by atoms with E-state index in [2.05, 4.69) is 20.9 Å². The molecule has 0 spiro atoms. The Hall–Kier alpha value is -5.23. The van der Waals surface area contributed by atoms with Crippen molar-refractivity contribution < 1.29 is 32.3 Å². The Balaban J connectivity index is 1.30. The molecule has 0 aliphatic carbocycles. The lowest BCUT2D eigenvalue weighted by Gasteiger charge is -2.13. The number of hydrogen-bond donors (Lipinski definition) is 3. The first kappa shape index (κ1) is 29.3. The highest BCUT2D eigenvalue weighted by molar-refractivity contribution is 7.22. The number of rotatable bonds is 7. The number of aryl methyl sites for hydroxylation is 1. The highest BCUT2D eigenvalue weighted by Crippen LogP contribution is 2.31. The number of halogens is 3. The van der Waals surface area contributed by atoms with Gasteiger partial charge >= 0.3 is 12.1 Å². The van der Waals surface area contributed by atoms with Crippen LogP contribution < -0.4 is 16.0 Å². The minimum Gasteiger partial charge on any atom is -0.465 e. The maximum absolute atomic E-state index is 13.1. The zero-order valence-corrected chi connectivity index (χ0v) is 23.5. The van der Waals surface area contributed by atoms with E-state index >= 15 is 0 Å². The second kappa shape index (κ2) is 11.9. The second-order valence-corrected chi connectivity index (χ2v) is 10.4. The van der Waals surface area contributed by atoms with E-state index in [1.807, 2.05) is 0 Å². The number of carbonyl (C=O) groups is 3. The first-order valence-corrected chi connectivity index (χ1v) is 13.6. The normalized spacial score (nSPS) is 11.2. The van der Waals surface area contributed by atoms with E-state index in [1.165, 1.54) is 36.6 Å². The van der Waals surface area contributed by atoms with Crippen LogP contribution in [0.15, 0.2) is 84.9 Å². The summed E-state index contributed by atoms with van der Waals surface area (Å²) in [6, 6.07) is 20.8. The van der Waals surface area contributed by atoms with E-state index in [0.717, 1.165) is 16.8 Å². The molecular weight excluding hydrogens is 581 g/mol. The molecule has 1 aromatic heterocycles. The van der Waals surface area contributed by atoms with E-state index in [0.29, 0.717) is 44.4 Å². The molecule has 0 radical (unpaired) electrons. The molecule has 0 unspecified atom stereocenters. The fourth-order valence-corrected chi connectivity index (χ4v) is 5.08. The maximum atomic E-state index is 13.1. The minimum atomic E-state index is -4.57. The van der Waals surface area contributed by atoms with Gasteiger partial charge in [0.15, 0.2) is 5.13 Å². The Morgan fingerprint density at radius 1 is 0.791 bits per heavy atom. The third-order valence-corrected chi connectivity index (χ3v) is 7.31.